The molecule has 47 heavy (non-hydrogen) atoms. The predicted octanol–water partition coefficient (Wildman–Crippen LogP) is 6.23. The number of hydrogen-bond acceptors (Lipinski definition) is 9. The Hall–Kier alpha value is -4.48. The van der Waals surface area contributed by atoms with E-state index in [2.05, 4.69) is 28.3 Å². The van der Waals surface area contributed by atoms with Crippen LogP contribution < -0.4 is 10.1 Å². The molecule has 4 aromatic rings. The smallest absolute Gasteiger partial charge is 0.410 e. The molecular formula is C36H40N4O7. The molecule has 2 aromatic heterocycles. The number of aryl methyl sites for hydroxylation is 1. The lowest BCUT2D eigenvalue weighted by Crippen LogP contribution is -2.54. The number of benzene rings is 2. The molecule has 246 valence electrons. The maximum atomic E-state index is 13.9. The Morgan fingerprint density at radius 3 is 2.68 bits per heavy atom. The molecule has 3 aliphatic rings. The van der Waals surface area contributed by atoms with Gasteiger partial charge in [0.2, 0.25) is 5.79 Å². The van der Waals surface area contributed by atoms with Gasteiger partial charge < -0.3 is 33.6 Å². The highest BCUT2D eigenvalue weighted by Gasteiger charge is 2.47. The highest BCUT2D eigenvalue weighted by atomic mass is 16.7. The van der Waals surface area contributed by atoms with Crippen LogP contribution in [0.3, 0.4) is 0 Å². The second-order valence-corrected chi connectivity index (χ2v) is 12.7. The lowest BCUT2D eigenvalue weighted by Gasteiger charge is -2.39. The number of rotatable bonds is 11. The number of aromatic nitrogens is 2. The zero-order chi connectivity index (χ0) is 32.6. The number of hydrogen-bond donors (Lipinski definition) is 1. The van der Waals surface area contributed by atoms with Crippen LogP contribution in [0.2, 0.25) is 0 Å². The molecule has 0 radical (unpaired) electrons. The van der Waals surface area contributed by atoms with Gasteiger partial charge in [0.1, 0.15) is 12.4 Å². The summed E-state index contributed by atoms with van der Waals surface area (Å²) >= 11 is 0. The van der Waals surface area contributed by atoms with Crippen molar-refractivity contribution in [3.63, 3.8) is 0 Å². The Labute approximate surface area is 273 Å². The number of oxazole rings is 1. The first-order chi connectivity index (χ1) is 22.8. The van der Waals surface area contributed by atoms with Crippen molar-refractivity contribution in [1.82, 2.24) is 20.2 Å². The van der Waals surface area contributed by atoms with Gasteiger partial charge in [-0.25, -0.2) is 9.78 Å². The van der Waals surface area contributed by atoms with Gasteiger partial charge in [-0.15, -0.1) is 0 Å². The zero-order valence-corrected chi connectivity index (χ0v) is 27.0. The molecule has 1 N–H and O–H groups in total. The Morgan fingerprint density at radius 1 is 1.11 bits per heavy atom. The largest absolute Gasteiger partial charge is 0.491 e. The lowest BCUT2D eigenvalue weighted by atomic mass is 9.95. The second-order valence-electron chi connectivity index (χ2n) is 12.7. The average Bonchev–Trinajstić information content (AvgIpc) is 3.41. The third-order valence-electron chi connectivity index (χ3n) is 9.35. The summed E-state index contributed by atoms with van der Waals surface area (Å²) in [6, 6.07) is 13.5. The van der Waals surface area contributed by atoms with Gasteiger partial charge in [0.05, 0.1) is 43.1 Å². The molecular weight excluding hydrogens is 600 g/mol. The molecule has 2 saturated heterocycles. The lowest BCUT2D eigenvalue weighted by molar-refractivity contribution is -0.166. The summed E-state index contributed by atoms with van der Waals surface area (Å²) in [4.78, 5) is 37.1. The molecule has 7 rings (SSSR count). The van der Waals surface area contributed by atoms with E-state index in [0.717, 1.165) is 59.7 Å². The summed E-state index contributed by atoms with van der Waals surface area (Å²) < 4.78 is 29.1. The van der Waals surface area contributed by atoms with E-state index in [9.17, 15) is 9.59 Å². The van der Waals surface area contributed by atoms with E-state index in [1.54, 1.807) is 30.3 Å². The number of amides is 2. The van der Waals surface area contributed by atoms with E-state index in [-0.39, 0.29) is 18.0 Å². The van der Waals surface area contributed by atoms with Crippen LogP contribution in [-0.2, 0) is 25.5 Å². The molecule has 1 atom stereocenters. The van der Waals surface area contributed by atoms with Crippen LogP contribution in [-0.4, -0.2) is 65.9 Å². The first-order valence-corrected chi connectivity index (χ1v) is 16.4. The Kier molecular flexibility index (Phi) is 8.36. The number of nitrogens with zero attached hydrogens (tertiary/aromatic N) is 3. The van der Waals surface area contributed by atoms with Gasteiger partial charge in [0.25, 0.3) is 11.8 Å². The maximum absolute atomic E-state index is 13.9. The van der Waals surface area contributed by atoms with Crippen LogP contribution >= 0.6 is 0 Å². The summed E-state index contributed by atoms with van der Waals surface area (Å²) in [6.07, 6.45) is 7.38. The van der Waals surface area contributed by atoms with Gasteiger partial charge in [-0.1, -0.05) is 25.5 Å². The Balaban J connectivity index is 1.09. The number of ether oxygens (including phenoxy) is 4. The van der Waals surface area contributed by atoms with Gasteiger partial charge in [0, 0.05) is 29.3 Å². The molecule has 2 aromatic carbocycles. The van der Waals surface area contributed by atoms with Crippen LogP contribution in [0.1, 0.15) is 73.3 Å². The van der Waals surface area contributed by atoms with Crippen molar-refractivity contribution < 1.29 is 33.0 Å². The van der Waals surface area contributed by atoms with E-state index >= 15 is 0 Å². The first kappa shape index (κ1) is 31.1. The van der Waals surface area contributed by atoms with Gasteiger partial charge in [-0.2, -0.15) is 0 Å². The molecule has 0 bridgehead atoms. The van der Waals surface area contributed by atoms with Crippen LogP contribution in [0, 0.1) is 6.92 Å². The fourth-order valence-electron chi connectivity index (χ4n) is 6.22. The molecule has 1 aliphatic carbocycles. The van der Waals surface area contributed by atoms with Gasteiger partial charge in [-0.3, -0.25) is 9.78 Å². The zero-order valence-electron chi connectivity index (χ0n) is 27.0. The Bertz CT molecular complexity index is 1790. The maximum Gasteiger partial charge on any atom is 0.410 e. The topological polar surface area (TPSA) is 125 Å². The standard InChI is InChI=1S/C36H40N4O7/c1-4-5-15-43-34(42)40-14-10-25(40)22-44-26-9-8-23(2)28(20-26)32(41)39-36(11-12-36)29-18-24(19-30-27(29)7-6-13-37-30)31-21-38-33(47-31)35(3)45-16-17-46-35/h6-9,13,18-21,25H,4-5,10-12,14-17,22H2,1-3H3,(H,39,41)/t25-/m0/s1. The summed E-state index contributed by atoms with van der Waals surface area (Å²) in [5.74, 6) is 0.310. The summed E-state index contributed by atoms with van der Waals surface area (Å²) in [5, 5.41) is 4.32. The van der Waals surface area contributed by atoms with E-state index in [4.69, 9.17) is 23.4 Å². The third-order valence-corrected chi connectivity index (χ3v) is 9.35. The van der Waals surface area contributed by atoms with Crippen molar-refractivity contribution >= 4 is 22.9 Å². The van der Waals surface area contributed by atoms with Crippen LogP contribution in [0.5, 0.6) is 5.75 Å². The number of carbonyl (C=O) groups is 2. The highest BCUT2D eigenvalue weighted by Crippen LogP contribution is 2.49. The average molecular weight is 641 g/mol. The molecule has 3 fully saturated rings. The van der Waals surface area contributed by atoms with Crippen molar-refractivity contribution in [3.8, 4) is 17.1 Å². The molecule has 2 amide bonds. The van der Waals surface area contributed by atoms with Crippen LogP contribution in [0.4, 0.5) is 4.79 Å². The molecule has 0 unspecified atom stereocenters. The number of unbranched alkanes of at least 4 members (excludes halogenated alkanes) is 1. The molecule has 2 aliphatic heterocycles. The normalized spacial score (nSPS) is 19.3. The predicted molar refractivity (Wildman–Crippen MR) is 173 cm³/mol. The van der Waals surface area contributed by atoms with Crippen molar-refractivity contribution in [2.45, 2.75) is 70.2 Å². The SMILES string of the molecule is CCCCOC(=O)N1CC[C@H]1COc1ccc(C)c(C(=O)NC2(c3cc(-c4cnc(C5(C)OCCO5)o4)cc4ncccc34)CC2)c1. The number of carbonyl (C=O) groups excluding carboxylic acids is 2. The summed E-state index contributed by atoms with van der Waals surface area (Å²) in [6.45, 7) is 8.15. The number of pyridine rings is 1. The minimum absolute atomic E-state index is 0.0480. The monoisotopic (exact) mass is 640 g/mol. The van der Waals surface area contributed by atoms with Crippen molar-refractivity contribution in [1.29, 1.82) is 0 Å². The van der Waals surface area contributed by atoms with Crippen molar-refractivity contribution in [2.24, 2.45) is 0 Å². The quantitative estimate of drug-likeness (QED) is 0.190. The second kappa shape index (κ2) is 12.6. The fraction of sp³-hybridized carbons (Fsp3) is 0.444. The van der Waals surface area contributed by atoms with Gasteiger partial charge >= 0.3 is 6.09 Å². The minimum Gasteiger partial charge on any atom is -0.491 e. The van der Waals surface area contributed by atoms with E-state index in [0.29, 0.717) is 55.9 Å². The minimum atomic E-state index is -1.02. The number of nitrogens with one attached hydrogen (secondary N) is 1. The highest BCUT2D eigenvalue weighted by molar-refractivity contribution is 5.98. The van der Waals surface area contributed by atoms with Crippen molar-refractivity contribution in [3.05, 3.63) is 77.4 Å². The number of likely N-dealkylation sites (tertiary alicyclic amines) is 1. The Morgan fingerprint density at radius 2 is 1.94 bits per heavy atom. The molecule has 1 saturated carbocycles. The van der Waals surface area contributed by atoms with Crippen LogP contribution in [0.25, 0.3) is 22.2 Å². The van der Waals surface area contributed by atoms with Gasteiger partial charge in [0.15, 0.2) is 5.76 Å². The molecule has 0 spiro atoms. The fourth-order valence-corrected chi connectivity index (χ4v) is 6.22. The molecule has 11 nitrogen and oxygen atoms in total. The number of fused-ring (bicyclic) bond motifs is 1. The van der Waals surface area contributed by atoms with E-state index < -0.39 is 11.3 Å². The third kappa shape index (κ3) is 6.17. The molecule has 4 heterocycles. The van der Waals surface area contributed by atoms with Crippen molar-refractivity contribution in [2.75, 3.05) is 33.0 Å². The molecule has 11 heteroatoms. The van der Waals surface area contributed by atoms with E-state index in [1.807, 2.05) is 37.3 Å². The van der Waals surface area contributed by atoms with Crippen LogP contribution in [0.15, 0.2) is 59.3 Å². The summed E-state index contributed by atoms with van der Waals surface area (Å²) in [7, 11) is 0. The summed E-state index contributed by atoms with van der Waals surface area (Å²) in [5.41, 5.74) is 3.40. The van der Waals surface area contributed by atoms with Gasteiger partial charge in [-0.05, 0) is 81.0 Å². The first-order valence-electron chi connectivity index (χ1n) is 16.4. The van der Waals surface area contributed by atoms with E-state index in [1.165, 1.54) is 0 Å².